The van der Waals surface area contributed by atoms with Crippen molar-refractivity contribution in [2.75, 3.05) is 20.7 Å². The van der Waals surface area contributed by atoms with Gasteiger partial charge >= 0.3 is 0 Å². The molecule has 0 amide bonds. The van der Waals surface area contributed by atoms with E-state index in [4.69, 9.17) is 4.74 Å². The summed E-state index contributed by atoms with van der Waals surface area (Å²) >= 11 is 0. The van der Waals surface area contributed by atoms with E-state index in [0.717, 1.165) is 30.4 Å². The molecule has 0 aliphatic heterocycles. The monoisotopic (exact) mass is 454 g/mol. The van der Waals surface area contributed by atoms with Crippen LogP contribution in [0, 0.1) is 13.8 Å². The molecule has 0 spiro atoms. The Morgan fingerprint density at radius 1 is 1.20 bits per heavy atom. The quantitative estimate of drug-likeness (QED) is 0.400. The molecule has 0 aliphatic carbocycles. The smallest absolute Gasteiger partial charge is 0.191 e. The van der Waals surface area contributed by atoms with Gasteiger partial charge in [0.15, 0.2) is 5.96 Å². The number of pyridine rings is 1. The Labute approximate surface area is 167 Å². The van der Waals surface area contributed by atoms with Crippen molar-refractivity contribution >= 4 is 29.9 Å². The lowest BCUT2D eigenvalue weighted by atomic mass is 10.1. The highest BCUT2D eigenvalue weighted by Crippen LogP contribution is 2.19. The minimum absolute atomic E-state index is 0. The minimum Gasteiger partial charge on any atom is -0.496 e. The molecule has 25 heavy (non-hydrogen) atoms. The normalized spacial score (nSPS) is 10.8. The molecule has 2 rings (SSSR count). The average Bonchev–Trinajstić information content (AvgIpc) is 2.59. The summed E-state index contributed by atoms with van der Waals surface area (Å²) in [7, 11) is 3.48. The second-order valence-electron chi connectivity index (χ2n) is 5.68. The first kappa shape index (κ1) is 21.2. The Morgan fingerprint density at radius 3 is 2.68 bits per heavy atom. The summed E-state index contributed by atoms with van der Waals surface area (Å²) in [6, 6.07) is 10.2. The third-order valence-corrected chi connectivity index (χ3v) is 3.89. The van der Waals surface area contributed by atoms with Crippen molar-refractivity contribution in [3.8, 4) is 5.75 Å². The van der Waals surface area contributed by atoms with Gasteiger partial charge in [0.05, 0.1) is 19.3 Å². The maximum Gasteiger partial charge on any atom is 0.191 e. The van der Waals surface area contributed by atoms with Gasteiger partial charge in [0.1, 0.15) is 5.75 Å². The number of nitrogens with zero attached hydrogens (tertiary/aromatic N) is 2. The second-order valence-corrected chi connectivity index (χ2v) is 5.68. The van der Waals surface area contributed by atoms with Crippen LogP contribution in [0.3, 0.4) is 0 Å². The Bertz CT molecular complexity index is 704. The maximum atomic E-state index is 5.42. The molecule has 6 heteroatoms. The lowest BCUT2D eigenvalue weighted by molar-refractivity contribution is 0.409. The molecule has 1 aromatic carbocycles. The summed E-state index contributed by atoms with van der Waals surface area (Å²) in [4.78, 5) is 8.64. The van der Waals surface area contributed by atoms with Crippen LogP contribution < -0.4 is 15.4 Å². The van der Waals surface area contributed by atoms with E-state index in [9.17, 15) is 0 Å². The largest absolute Gasteiger partial charge is 0.496 e. The minimum atomic E-state index is 0. The highest BCUT2D eigenvalue weighted by molar-refractivity contribution is 14.0. The predicted molar refractivity (Wildman–Crippen MR) is 114 cm³/mol. The van der Waals surface area contributed by atoms with Gasteiger partial charge in [-0.1, -0.05) is 23.8 Å². The van der Waals surface area contributed by atoms with Gasteiger partial charge in [-0.25, -0.2) is 0 Å². The number of aromatic nitrogens is 1. The van der Waals surface area contributed by atoms with E-state index in [-0.39, 0.29) is 24.0 Å². The van der Waals surface area contributed by atoms with Crippen molar-refractivity contribution in [1.29, 1.82) is 0 Å². The van der Waals surface area contributed by atoms with Crippen molar-refractivity contribution in [3.63, 3.8) is 0 Å². The van der Waals surface area contributed by atoms with Crippen molar-refractivity contribution in [2.24, 2.45) is 4.99 Å². The van der Waals surface area contributed by atoms with Crippen LogP contribution in [-0.2, 0) is 13.0 Å². The number of aryl methyl sites for hydroxylation is 2. The number of benzene rings is 1. The number of nitrogens with one attached hydrogen (secondary N) is 2. The summed E-state index contributed by atoms with van der Waals surface area (Å²) in [6.45, 7) is 5.58. The summed E-state index contributed by atoms with van der Waals surface area (Å²) in [5.41, 5.74) is 4.63. The average molecular weight is 454 g/mol. The molecule has 2 N–H and O–H groups in total. The van der Waals surface area contributed by atoms with Gasteiger partial charge in [0.25, 0.3) is 0 Å². The summed E-state index contributed by atoms with van der Waals surface area (Å²) in [5, 5.41) is 6.63. The van der Waals surface area contributed by atoms with Crippen LogP contribution in [0.5, 0.6) is 5.75 Å². The van der Waals surface area contributed by atoms with E-state index in [1.807, 2.05) is 18.3 Å². The Kier molecular flexibility index (Phi) is 9.26. The third-order valence-electron chi connectivity index (χ3n) is 3.89. The number of rotatable bonds is 6. The zero-order valence-electron chi connectivity index (χ0n) is 15.3. The van der Waals surface area contributed by atoms with Crippen molar-refractivity contribution < 1.29 is 4.74 Å². The maximum absolute atomic E-state index is 5.42. The Balaban J connectivity index is 0.00000312. The van der Waals surface area contributed by atoms with Crippen molar-refractivity contribution in [3.05, 3.63) is 58.9 Å². The molecule has 0 fully saturated rings. The van der Waals surface area contributed by atoms with E-state index in [2.05, 4.69) is 52.7 Å². The number of methoxy groups -OCH3 is 1. The molecule has 1 aromatic heterocycles. The topological polar surface area (TPSA) is 58.5 Å². The number of aliphatic imine (C=N–C) groups is 1. The zero-order valence-corrected chi connectivity index (χ0v) is 17.6. The van der Waals surface area contributed by atoms with Gasteiger partial charge in [0, 0.05) is 19.8 Å². The van der Waals surface area contributed by atoms with E-state index in [1.165, 1.54) is 16.7 Å². The van der Waals surface area contributed by atoms with Crippen LogP contribution in [0.15, 0.2) is 41.5 Å². The number of halogens is 1. The molecular weight excluding hydrogens is 427 g/mol. The predicted octanol–water partition coefficient (Wildman–Crippen LogP) is 3.23. The molecule has 0 unspecified atom stereocenters. The first-order valence-electron chi connectivity index (χ1n) is 8.12. The SMILES string of the molecule is CN=C(NCCc1cc(C)ccc1OC)NCc1ncccc1C.I. The summed E-state index contributed by atoms with van der Waals surface area (Å²) in [6.07, 6.45) is 2.68. The number of ether oxygens (including phenoxy) is 1. The first-order valence-corrected chi connectivity index (χ1v) is 8.12. The van der Waals surface area contributed by atoms with E-state index in [1.54, 1.807) is 14.2 Å². The summed E-state index contributed by atoms with van der Waals surface area (Å²) < 4.78 is 5.42. The molecule has 0 aliphatic rings. The van der Waals surface area contributed by atoms with Crippen LogP contribution in [0.2, 0.25) is 0 Å². The van der Waals surface area contributed by atoms with Crippen molar-refractivity contribution in [1.82, 2.24) is 15.6 Å². The number of hydrogen-bond donors (Lipinski definition) is 2. The van der Waals surface area contributed by atoms with Gasteiger partial charge in [-0.15, -0.1) is 24.0 Å². The van der Waals surface area contributed by atoms with Crippen LogP contribution in [-0.4, -0.2) is 31.6 Å². The van der Waals surface area contributed by atoms with Gasteiger partial charge in [-0.2, -0.15) is 0 Å². The Morgan fingerprint density at radius 2 is 2.00 bits per heavy atom. The highest BCUT2D eigenvalue weighted by atomic mass is 127. The van der Waals surface area contributed by atoms with E-state index >= 15 is 0 Å². The summed E-state index contributed by atoms with van der Waals surface area (Å²) in [5.74, 6) is 1.70. The van der Waals surface area contributed by atoms with Crippen LogP contribution in [0.1, 0.15) is 22.4 Å². The highest BCUT2D eigenvalue weighted by Gasteiger charge is 2.05. The molecular formula is C19H27IN4O. The van der Waals surface area contributed by atoms with Gasteiger partial charge in [0.2, 0.25) is 0 Å². The fourth-order valence-corrected chi connectivity index (χ4v) is 2.51. The second kappa shape index (κ2) is 10.9. The Hall–Kier alpha value is -1.83. The third kappa shape index (κ3) is 6.53. The zero-order chi connectivity index (χ0) is 17.4. The van der Waals surface area contributed by atoms with Crippen LogP contribution >= 0.6 is 24.0 Å². The standard InChI is InChI=1S/C19H26N4O.HI/c1-14-7-8-18(24-4)16(12-14)9-11-22-19(20-3)23-13-17-15(2)6-5-10-21-17;/h5-8,10,12H,9,11,13H2,1-4H3,(H2,20,22,23);1H. The number of guanidine groups is 1. The van der Waals surface area contributed by atoms with Crippen molar-refractivity contribution in [2.45, 2.75) is 26.8 Å². The van der Waals surface area contributed by atoms with Crippen LogP contribution in [0.4, 0.5) is 0 Å². The fourth-order valence-electron chi connectivity index (χ4n) is 2.51. The lowest BCUT2D eigenvalue weighted by Crippen LogP contribution is -2.38. The van der Waals surface area contributed by atoms with Gasteiger partial charge < -0.3 is 15.4 Å². The lowest BCUT2D eigenvalue weighted by Gasteiger charge is -2.14. The van der Waals surface area contributed by atoms with E-state index in [0.29, 0.717) is 6.54 Å². The molecule has 0 bridgehead atoms. The molecule has 1 heterocycles. The van der Waals surface area contributed by atoms with Gasteiger partial charge in [-0.05, 0) is 43.5 Å². The molecule has 0 saturated heterocycles. The number of hydrogen-bond acceptors (Lipinski definition) is 3. The molecule has 2 aromatic rings. The van der Waals surface area contributed by atoms with Crippen LogP contribution in [0.25, 0.3) is 0 Å². The molecule has 136 valence electrons. The molecule has 0 atom stereocenters. The van der Waals surface area contributed by atoms with Gasteiger partial charge in [-0.3, -0.25) is 9.98 Å². The molecule has 0 saturated carbocycles. The fraction of sp³-hybridized carbons (Fsp3) is 0.368. The molecule has 0 radical (unpaired) electrons. The van der Waals surface area contributed by atoms with E-state index < -0.39 is 0 Å². The first-order chi connectivity index (χ1) is 11.6. The molecule has 5 nitrogen and oxygen atoms in total.